The van der Waals surface area contributed by atoms with Crippen LogP contribution in [-0.4, -0.2) is 162 Å². The molecule has 0 bridgehead atoms. The molecule has 67 heavy (non-hydrogen) atoms. The molecule has 10 unspecified atom stereocenters. The smallest absolute Gasteiger partial charge is 0.268 e. The number of aliphatic hydroxyl groups is 1. The minimum Gasteiger partial charge on any atom is -0.779 e. The van der Waals surface area contributed by atoms with Gasteiger partial charge in [0, 0.05) is 6.66 Å². The van der Waals surface area contributed by atoms with E-state index in [4.69, 9.17) is 32.7 Å². The maximum Gasteiger partial charge on any atom is 0.268 e. The van der Waals surface area contributed by atoms with E-state index in [0.717, 1.165) is 6.66 Å². The van der Waals surface area contributed by atoms with Crippen LogP contribution in [0.5, 0.6) is 0 Å². The van der Waals surface area contributed by atoms with Crippen molar-refractivity contribution in [2.45, 2.75) is 38.1 Å². The van der Waals surface area contributed by atoms with Crippen LogP contribution in [-0.2, 0) is 100 Å². The zero-order valence-electron chi connectivity index (χ0n) is 36.8. The lowest BCUT2D eigenvalue weighted by Gasteiger charge is -2.31. The third kappa shape index (κ3) is 46.1. The molecule has 0 aromatic carbocycles. The Hall–Kier alpha value is 0.530. The van der Waals surface area contributed by atoms with Crippen molar-refractivity contribution in [3.8, 4) is 0 Å². The molecule has 0 radical (unpaired) electrons. The van der Waals surface area contributed by atoms with Crippen LogP contribution in [0, 0.1) is 0 Å². The van der Waals surface area contributed by atoms with Crippen molar-refractivity contribution in [1.82, 2.24) is 16.0 Å². The Kier molecular flexibility index (Phi) is 38.7. The van der Waals surface area contributed by atoms with Gasteiger partial charge in [-0.2, -0.15) is 0 Å². The van der Waals surface area contributed by atoms with Crippen LogP contribution in [0.15, 0.2) is 0 Å². The van der Waals surface area contributed by atoms with Crippen molar-refractivity contribution in [3.63, 3.8) is 0 Å². The van der Waals surface area contributed by atoms with Crippen LogP contribution >= 0.6 is 54.5 Å². The molecule has 41 heteroatoms. The summed E-state index contributed by atoms with van der Waals surface area (Å²) < 4.78 is 151. The first-order valence-corrected chi connectivity index (χ1v) is 29.8. The van der Waals surface area contributed by atoms with Crippen molar-refractivity contribution in [2.24, 2.45) is 0 Å². The fraction of sp³-hybridized carbons (Fsp3) is 1.00. The summed E-state index contributed by atoms with van der Waals surface area (Å²) >= 11 is 0. The first-order valence-electron chi connectivity index (χ1n) is 19.0. The van der Waals surface area contributed by atoms with Crippen LogP contribution < -0.4 is 50.2 Å². The molecule has 0 aliphatic rings. The fourth-order valence-corrected chi connectivity index (χ4v) is 8.51. The highest BCUT2D eigenvalue weighted by atomic mass is 31.2. The Morgan fingerprint density at radius 2 is 0.791 bits per heavy atom. The lowest BCUT2D eigenvalue weighted by molar-refractivity contribution is -0.243. The third-order valence-corrected chi connectivity index (χ3v) is 12.5. The maximum atomic E-state index is 12.4. The molecule has 0 saturated carbocycles. The number of hydrogen-bond acceptors (Lipinski definition) is 33. The number of nitrogens with one attached hydrogen (secondary N) is 3. The number of phosphoric acid groups is 6. The predicted octanol–water partition coefficient (Wildman–Crippen LogP) is -4.36. The SMILES string of the molecule is CCOP(=O)([O-])O.CNCOCCC(CO)OP(=O)([O-])OCCOP(=O)([O-])OCC(COCNC)OP(=O)([O-])OCCOP(=O)([O-])OCC(CCOCNC)OP(=O)([O-])OCCOP(C)(=O)[O-]. The highest BCUT2D eigenvalue weighted by Crippen LogP contribution is 2.46. The molecule has 406 valence electrons. The van der Waals surface area contributed by atoms with E-state index in [2.05, 4.69) is 56.7 Å². The Labute approximate surface area is 386 Å². The molecule has 0 aromatic rings. The average Bonchev–Trinajstić information content (AvgIpc) is 3.20. The molecular formula is C26H59N3O31P7-7. The topological polar surface area (TPSA) is 496 Å². The van der Waals surface area contributed by atoms with Crippen molar-refractivity contribution in [1.29, 1.82) is 0 Å². The summed E-state index contributed by atoms with van der Waals surface area (Å²) in [6, 6.07) is 0. The second kappa shape index (κ2) is 37.3. The van der Waals surface area contributed by atoms with Gasteiger partial charge in [0.25, 0.3) is 46.9 Å². The Morgan fingerprint density at radius 1 is 0.448 bits per heavy atom. The third-order valence-electron chi connectivity index (χ3n) is 6.20. The minimum atomic E-state index is -5.39. The van der Waals surface area contributed by atoms with Gasteiger partial charge in [0.15, 0.2) is 0 Å². The molecule has 0 aliphatic carbocycles. The molecule has 0 spiro atoms. The molecule has 34 nitrogen and oxygen atoms in total. The average molecular weight is 1130 g/mol. The lowest BCUT2D eigenvalue weighted by atomic mass is 10.3. The normalized spacial score (nSPS) is 19.7. The number of ether oxygens (including phenoxy) is 3. The Balaban J connectivity index is 0. The maximum absolute atomic E-state index is 12.4. The van der Waals surface area contributed by atoms with E-state index in [0.29, 0.717) is 0 Å². The summed E-state index contributed by atoms with van der Waals surface area (Å²) in [4.78, 5) is 89.6. The molecule has 0 amide bonds. The second-order valence-electron chi connectivity index (χ2n) is 12.1. The lowest BCUT2D eigenvalue weighted by Crippen LogP contribution is -2.30. The van der Waals surface area contributed by atoms with Gasteiger partial charge in [0.1, 0.15) is 13.7 Å². The summed E-state index contributed by atoms with van der Waals surface area (Å²) in [5, 5.41) is 17.2. The van der Waals surface area contributed by atoms with Crippen LogP contribution in [0.4, 0.5) is 0 Å². The zero-order chi connectivity index (χ0) is 51.7. The largest absolute Gasteiger partial charge is 0.779 e. The number of rotatable bonds is 44. The highest BCUT2D eigenvalue weighted by molar-refractivity contribution is 7.50. The van der Waals surface area contributed by atoms with Crippen molar-refractivity contribution >= 4 is 54.5 Å². The van der Waals surface area contributed by atoms with Gasteiger partial charge in [-0.15, -0.1) is 0 Å². The quantitative estimate of drug-likeness (QED) is 0.0219. The van der Waals surface area contributed by atoms with Crippen molar-refractivity contribution < 1.29 is 145 Å². The molecule has 5 N–H and O–H groups in total. The van der Waals surface area contributed by atoms with Gasteiger partial charge in [0.2, 0.25) is 0 Å². The van der Waals surface area contributed by atoms with Crippen LogP contribution in [0.25, 0.3) is 0 Å². The summed E-state index contributed by atoms with van der Waals surface area (Å²) in [6.45, 7) is -6.55. The first kappa shape index (κ1) is 69.6. The molecule has 0 saturated heterocycles. The summed E-state index contributed by atoms with van der Waals surface area (Å²) in [5.74, 6) is 0. The molecule has 0 fully saturated rings. The standard InChI is InChI=1S/C24H59N3O27P6.C2H7O4P/c1-25-19-41-7-5-22(15-28)52-58(35,36)48-13-11-46-57(33,34)51-18-24(16-43-21-27-3)54-60(39,40)49-14-12-45-56(31,32)50-17-23(6-8-42-20-26-2)53-59(37,38)47-10-9-44-55(4,29)30;1-2-6-7(3,4)5/h22-28H,5-21H2,1-4H3,(H,29,30)(H,31,32)(H,33,34)(H,35,36)(H,37,38)(H,39,40);2H2,1H3,(H2,3,4,5)/p-7. The van der Waals surface area contributed by atoms with Crippen LogP contribution in [0.1, 0.15) is 19.8 Å². The molecule has 0 aliphatic heterocycles. The predicted molar refractivity (Wildman–Crippen MR) is 211 cm³/mol. The van der Waals surface area contributed by atoms with Gasteiger partial charge in [-0.05, 0) is 40.9 Å². The summed E-state index contributed by atoms with van der Waals surface area (Å²) in [5.41, 5.74) is 0. The molecule has 0 heterocycles. The summed E-state index contributed by atoms with van der Waals surface area (Å²) in [7, 11) is -30.2. The molecular weight excluding hydrogens is 1070 g/mol. The van der Waals surface area contributed by atoms with E-state index >= 15 is 0 Å². The Bertz CT molecular complexity index is 1630. The van der Waals surface area contributed by atoms with E-state index in [1.807, 2.05) is 0 Å². The number of phosphoric ester groups is 6. The Morgan fingerprint density at radius 3 is 1.15 bits per heavy atom. The van der Waals surface area contributed by atoms with Gasteiger partial charge in [-0.25, -0.2) is 0 Å². The number of hydrogen-bond donors (Lipinski definition) is 5. The zero-order valence-corrected chi connectivity index (χ0v) is 43.1. The highest BCUT2D eigenvalue weighted by Gasteiger charge is 2.25. The van der Waals surface area contributed by atoms with E-state index in [-0.39, 0.29) is 52.9 Å². The first-order chi connectivity index (χ1) is 31.0. The van der Waals surface area contributed by atoms with E-state index in [9.17, 15) is 71.3 Å². The van der Waals surface area contributed by atoms with Gasteiger partial charge in [-0.1, -0.05) is 0 Å². The van der Waals surface area contributed by atoms with Gasteiger partial charge in [-0.3, -0.25) is 43.3 Å². The van der Waals surface area contributed by atoms with Gasteiger partial charge in [0.05, 0.1) is 118 Å². The van der Waals surface area contributed by atoms with E-state index in [1.54, 1.807) is 14.1 Å². The van der Waals surface area contributed by atoms with Crippen molar-refractivity contribution in [2.75, 3.05) is 134 Å². The minimum absolute atomic E-state index is 0.0166. The van der Waals surface area contributed by atoms with Gasteiger partial charge >= 0.3 is 0 Å². The van der Waals surface area contributed by atoms with Crippen LogP contribution in [0.3, 0.4) is 0 Å². The number of aliphatic hydroxyl groups excluding tert-OH is 1. The van der Waals surface area contributed by atoms with Gasteiger partial charge < -0.3 is 117 Å². The monoisotopic (exact) mass is 1130 g/mol. The van der Waals surface area contributed by atoms with E-state index in [1.165, 1.54) is 14.0 Å². The van der Waals surface area contributed by atoms with Crippen molar-refractivity contribution in [3.05, 3.63) is 0 Å². The second-order valence-corrected chi connectivity index (χ2v) is 22.0. The molecule has 10 atom stereocenters. The summed E-state index contributed by atoms with van der Waals surface area (Å²) in [6.07, 6.45) is -4.78. The van der Waals surface area contributed by atoms with E-state index < -0.39 is 139 Å². The van der Waals surface area contributed by atoms with Crippen LogP contribution in [0.2, 0.25) is 0 Å². The molecule has 0 aromatic heterocycles. The molecule has 0 rings (SSSR count). The fourth-order valence-electron chi connectivity index (χ4n) is 3.70.